The highest BCUT2D eigenvalue weighted by molar-refractivity contribution is 5.62. The van der Waals surface area contributed by atoms with Crippen molar-refractivity contribution in [2.24, 2.45) is 5.11 Å². The quantitative estimate of drug-likeness (QED) is 0.350. The van der Waals surface area contributed by atoms with Gasteiger partial charge >= 0.3 is 0 Å². The predicted octanol–water partition coefficient (Wildman–Crippen LogP) is 2.46. The van der Waals surface area contributed by atoms with Crippen LogP contribution in [0.25, 0.3) is 16.5 Å². The zero-order chi connectivity index (χ0) is 11.1. The Balaban J connectivity index is 2.80. The molecule has 0 spiro atoms. The smallest absolute Gasteiger partial charge is 0.101 e. The lowest BCUT2D eigenvalue weighted by molar-refractivity contribution is 1.22. The van der Waals surface area contributed by atoms with Gasteiger partial charge in [0.05, 0.1) is 11.3 Å². The summed E-state index contributed by atoms with van der Waals surface area (Å²) in [6.45, 7) is 0.302. The molecule has 74 valence electrons. The van der Waals surface area contributed by atoms with Gasteiger partial charge in [0, 0.05) is 11.5 Å². The van der Waals surface area contributed by atoms with Gasteiger partial charge in [0.25, 0.3) is 0 Å². The Kier molecular flexibility index (Phi) is 3.78. The van der Waals surface area contributed by atoms with E-state index in [1.165, 1.54) is 0 Å². The number of anilines is 1. The van der Waals surface area contributed by atoms with E-state index >= 15 is 0 Å². The maximum Gasteiger partial charge on any atom is 0.101 e. The second-order valence-electron chi connectivity index (χ2n) is 2.77. The first kappa shape index (κ1) is 10.6. The van der Waals surface area contributed by atoms with Crippen molar-refractivity contribution in [2.75, 3.05) is 12.3 Å². The van der Waals surface area contributed by atoms with Crippen molar-refractivity contribution in [3.63, 3.8) is 0 Å². The van der Waals surface area contributed by atoms with Gasteiger partial charge in [-0.25, -0.2) is 0 Å². The van der Waals surface area contributed by atoms with E-state index in [0.717, 1.165) is 5.56 Å². The van der Waals surface area contributed by atoms with Crippen molar-refractivity contribution in [2.45, 2.75) is 0 Å². The molecule has 0 atom stereocenters. The molecule has 0 bridgehead atoms. The Bertz CT molecular complexity index is 463. The molecule has 0 aliphatic heterocycles. The molecular formula is C10H9N5. The number of rotatable bonds is 3. The minimum atomic E-state index is 0.302. The summed E-state index contributed by atoms with van der Waals surface area (Å²) in [4.78, 5) is 2.62. The number of nitrogen functional groups attached to an aromatic ring is 1. The standard InChI is InChI=1S/C10H9N5/c11-7-9-4-3-8(6-10(9)12)2-1-5-14-15-13/h1-4,6H,5,12H2. The fraction of sp³-hybridized carbons (Fsp3) is 0.100. The fourth-order valence-electron chi connectivity index (χ4n) is 1.06. The monoisotopic (exact) mass is 199 g/mol. The number of nitrogens with zero attached hydrogens (tertiary/aromatic N) is 4. The molecule has 0 aliphatic carbocycles. The van der Waals surface area contributed by atoms with Crippen LogP contribution in [0.5, 0.6) is 0 Å². The second-order valence-corrected chi connectivity index (χ2v) is 2.77. The van der Waals surface area contributed by atoms with Gasteiger partial charge in [0.2, 0.25) is 0 Å². The van der Waals surface area contributed by atoms with Gasteiger partial charge in [-0.2, -0.15) is 5.26 Å². The van der Waals surface area contributed by atoms with E-state index in [0.29, 0.717) is 17.8 Å². The predicted molar refractivity (Wildman–Crippen MR) is 58.6 cm³/mol. The van der Waals surface area contributed by atoms with Crippen molar-refractivity contribution in [1.82, 2.24) is 0 Å². The Hall–Kier alpha value is -2.44. The average Bonchev–Trinajstić information content (AvgIpc) is 2.25. The molecule has 0 saturated carbocycles. The van der Waals surface area contributed by atoms with E-state index in [4.69, 9.17) is 16.5 Å². The van der Waals surface area contributed by atoms with Crippen LogP contribution in [0.4, 0.5) is 5.69 Å². The van der Waals surface area contributed by atoms with Gasteiger partial charge in [-0.3, -0.25) is 0 Å². The van der Waals surface area contributed by atoms with Crippen molar-refractivity contribution < 1.29 is 0 Å². The van der Waals surface area contributed by atoms with Gasteiger partial charge in [-0.05, 0) is 23.2 Å². The summed E-state index contributed by atoms with van der Waals surface area (Å²) < 4.78 is 0. The summed E-state index contributed by atoms with van der Waals surface area (Å²) in [5.41, 5.74) is 15.5. The normalized spacial score (nSPS) is 9.53. The van der Waals surface area contributed by atoms with Crippen LogP contribution >= 0.6 is 0 Å². The third-order valence-electron chi connectivity index (χ3n) is 1.76. The lowest BCUT2D eigenvalue weighted by atomic mass is 10.1. The van der Waals surface area contributed by atoms with E-state index in [1.807, 2.05) is 6.07 Å². The van der Waals surface area contributed by atoms with E-state index < -0.39 is 0 Å². The molecule has 1 aromatic carbocycles. The highest BCUT2D eigenvalue weighted by Crippen LogP contribution is 2.14. The fourth-order valence-corrected chi connectivity index (χ4v) is 1.06. The lowest BCUT2D eigenvalue weighted by Gasteiger charge is -1.98. The molecule has 0 heterocycles. The first-order valence-corrected chi connectivity index (χ1v) is 4.25. The molecule has 0 saturated heterocycles. The first-order valence-electron chi connectivity index (χ1n) is 4.25. The SMILES string of the molecule is N#Cc1ccc(C=CCN=[N+]=[N-])cc1N. The van der Waals surface area contributed by atoms with Crippen LogP contribution < -0.4 is 5.73 Å². The summed E-state index contributed by atoms with van der Waals surface area (Å²) >= 11 is 0. The number of benzene rings is 1. The van der Waals surface area contributed by atoms with Gasteiger partial charge in [0.1, 0.15) is 6.07 Å². The zero-order valence-electron chi connectivity index (χ0n) is 7.96. The Labute approximate surface area is 87.1 Å². The minimum absolute atomic E-state index is 0.302. The molecule has 0 unspecified atom stereocenters. The largest absolute Gasteiger partial charge is 0.398 e. The number of hydrogen-bond acceptors (Lipinski definition) is 3. The summed E-state index contributed by atoms with van der Waals surface area (Å²) in [5.74, 6) is 0. The van der Waals surface area contributed by atoms with Crippen molar-refractivity contribution in [3.05, 3.63) is 45.8 Å². The molecule has 5 heteroatoms. The maximum absolute atomic E-state index is 8.65. The molecule has 0 amide bonds. The molecule has 0 fully saturated rings. The highest BCUT2D eigenvalue weighted by Gasteiger charge is 1.96. The summed E-state index contributed by atoms with van der Waals surface area (Å²) in [6, 6.07) is 7.12. The van der Waals surface area contributed by atoms with Gasteiger partial charge in [-0.15, -0.1) is 0 Å². The number of hydrogen-bond donors (Lipinski definition) is 1. The topological polar surface area (TPSA) is 98.6 Å². The molecule has 0 aromatic heterocycles. The van der Waals surface area contributed by atoms with Gasteiger partial charge in [0.15, 0.2) is 0 Å². The number of nitriles is 1. The molecule has 0 aliphatic rings. The van der Waals surface area contributed by atoms with E-state index in [9.17, 15) is 0 Å². The van der Waals surface area contributed by atoms with Crippen LogP contribution in [0.1, 0.15) is 11.1 Å². The molecule has 15 heavy (non-hydrogen) atoms. The van der Waals surface area contributed by atoms with Crippen molar-refractivity contribution in [3.8, 4) is 6.07 Å². The second kappa shape index (κ2) is 5.32. The summed E-state index contributed by atoms with van der Waals surface area (Å²) in [6.07, 6.45) is 3.51. The molecule has 2 N–H and O–H groups in total. The number of azide groups is 1. The van der Waals surface area contributed by atoms with Crippen LogP contribution in [-0.2, 0) is 0 Å². The third-order valence-corrected chi connectivity index (χ3v) is 1.76. The third kappa shape index (κ3) is 3.07. The molecule has 1 rings (SSSR count). The highest BCUT2D eigenvalue weighted by atomic mass is 15.1. The summed E-state index contributed by atoms with van der Waals surface area (Å²) in [5, 5.41) is 12.0. The van der Waals surface area contributed by atoms with Gasteiger partial charge in [-0.1, -0.05) is 23.3 Å². The Morgan fingerprint density at radius 2 is 2.40 bits per heavy atom. The molecular weight excluding hydrogens is 190 g/mol. The van der Waals surface area contributed by atoms with Gasteiger partial charge < -0.3 is 5.73 Å². The molecule has 5 nitrogen and oxygen atoms in total. The maximum atomic E-state index is 8.65. The molecule has 0 radical (unpaired) electrons. The van der Waals surface area contributed by atoms with Crippen LogP contribution in [-0.4, -0.2) is 6.54 Å². The van der Waals surface area contributed by atoms with Crippen LogP contribution in [0, 0.1) is 11.3 Å². The Morgan fingerprint density at radius 3 is 3.00 bits per heavy atom. The first-order chi connectivity index (χ1) is 7.27. The van der Waals surface area contributed by atoms with E-state index in [1.54, 1.807) is 30.4 Å². The summed E-state index contributed by atoms with van der Waals surface area (Å²) in [7, 11) is 0. The van der Waals surface area contributed by atoms with E-state index in [2.05, 4.69) is 10.0 Å². The van der Waals surface area contributed by atoms with E-state index in [-0.39, 0.29) is 0 Å². The zero-order valence-corrected chi connectivity index (χ0v) is 7.96. The molecule has 1 aromatic rings. The number of nitrogens with two attached hydrogens (primary N) is 1. The Morgan fingerprint density at radius 1 is 1.60 bits per heavy atom. The van der Waals surface area contributed by atoms with Crippen LogP contribution in [0.2, 0.25) is 0 Å². The average molecular weight is 199 g/mol. The van der Waals surface area contributed by atoms with Crippen molar-refractivity contribution >= 4 is 11.8 Å². The van der Waals surface area contributed by atoms with Crippen LogP contribution in [0.3, 0.4) is 0 Å². The van der Waals surface area contributed by atoms with Crippen LogP contribution in [0.15, 0.2) is 29.4 Å². The van der Waals surface area contributed by atoms with Crippen molar-refractivity contribution in [1.29, 1.82) is 5.26 Å². The lowest BCUT2D eigenvalue weighted by Crippen LogP contribution is -1.90. The minimum Gasteiger partial charge on any atom is -0.398 e.